The Bertz CT molecular complexity index is 700. The Kier molecular flexibility index (Phi) is 6.19. The maximum Gasteiger partial charge on any atom is 0.316 e. The molecule has 0 fully saturated rings. The molecular formula is C18H17NO5. The number of Topliss-reactive ketones (excluding diaryl/α,β-unsaturated/α-hetero) is 1. The number of rotatable bonds is 8. The molecule has 0 aliphatic heterocycles. The molecule has 2 aromatic carbocycles. The standard InChI is InChI=1S/C18H17NO5/c20-17(15-9-5-2-6-10-15)11-16(12-19(22)23)18(21)24-13-14-7-3-1-4-8-14/h1-10,16H,11-13H2/t16-/m1/s1. The van der Waals surface area contributed by atoms with E-state index in [0.29, 0.717) is 5.56 Å². The highest BCUT2D eigenvalue weighted by atomic mass is 16.6. The lowest BCUT2D eigenvalue weighted by Crippen LogP contribution is -2.27. The van der Waals surface area contributed by atoms with Gasteiger partial charge in [-0.1, -0.05) is 60.7 Å². The van der Waals surface area contributed by atoms with E-state index in [1.165, 1.54) is 0 Å². The monoisotopic (exact) mass is 327 g/mol. The Morgan fingerprint density at radius 1 is 1.00 bits per heavy atom. The van der Waals surface area contributed by atoms with Gasteiger partial charge >= 0.3 is 5.97 Å². The summed E-state index contributed by atoms with van der Waals surface area (Å²) >= 11 is 0. The first-order chi connectivity index (χ1) is 11.6. The molecule has 0 saturated carbocycles. The van der Waals surface area contributed by atoms with Gasteiger partial charge in [0.05, 0.1) is 0 Å². The highest BCUT2D eigenvalue weighted by molar-refractivity contribution is 5.98. The predicted octanol–water partition coefficient (Wildman–Crippen LogP) is 2.90. The highest BCUT2D eigenvalue weighted by Gasteiger charge is 2.29. The molecule has 24 heavy (non-hydrogen) atoms. The fourth-order valence-electron chi connectivity index (χ4n) is 2.21. The third-order valence-electron chi connectivity index (χ3n) is 3.45. The number of carbonyl (C=O) groups excluding carboxylic acids is 2. The van der Waals surface area contributed by atoms with Gasteiger partial charge < -0.3 is 4.74 Å². The van der Waals surface area contributed by atoms with Crippen LogP contribution in [-0.2, 0) is 16.1 Å². The number of carbonyl (C=O) groups is 2. The van der Waals surface area contributed by atoms with E-state index < -0.39 is 23.4 Å². The van der Waals surface area contributed by atoms with Crippen LogP contribution in [0.1, 0.15) is 22.3 Å². The molecule has 0 saturated heterocycles. The molecule has 0 N–H and O–H groups in total. The predicted molar refractivity (Wildman–Crippen MR) is 87.0 cm³/mol. The summed E-state index contributed by atoms with van der Waals surface area (Å²) in [6, 6.07) is 17.4. The second-order valence-electron chi connectivity index (χ2n) is 5.30. The number of hydrogen-bond acceptors (Lipinski definition) is 5. The molecular weight excluding hydrogens is 310 g/mol. The van der Waals surface area contributed by atoms with Gasteiger partial charge in [0.1, 0.15) is 12.5 Å². The number of nitrogens with zero attached hydrogens (tertiary/aromatic N) is 1. The summed E-state index contributed by atoms with van der Waals surface area (Å²) in [6.45, 7) is -0.611. The van der Waals surface area contributed by atoms with Crippen molar-refractivity contribution in [1.82, 2.24) is 0 Å². The molecule has 6 nitrogen and oxygen atoms in total. The van der Waals surface area contributed by atoms with Gasteiger partial charge in [-0.3, -0.25) is 19.7 Å². The summed E-state index contributed by atoms with van der Waals surface area (Å²) in [4.78, 5) is 34.5. The van der Waals surface area contributed by atoms with Gasteiger partial charge in [0, 0.05) is 16.9 Å². The number of benzene rings is 2. The molecule has 0 amide bonds. The molecule has 0 unspecified atom stereocenters. The van der Waals surface area contributed by atoms with Gasteiger partial charge in [0.2, 0.25) is 6.54 Å². The first kappa shape index (κ1) is 17.3. The molecule has 124 valence electrons. The zero-order valence-corrected chi connectivity index (χ0v) is 13.0. The smallest absolute Gasteiger partial charge is 0.316 e. The SMILES string of the molecule is O=C(C[C@H](C[N+](=O)[O-])C(=O)OCc1ccccc1)c1ccccc1. The second-order valence-corrected chi connectivity index (χ2v) is 5.30. The van der Waals surface area contributed by atoms with Crippen molar-refractivity contribution in [3.8, 4) is 0 Å². The third-order valence-corrected chi connectivity index (χ3v) is 3.45. The topological polar surface area (TPSA) is 86.5 Å². The van der Waals surface area contributed by atoms with E-state index in [2.05, 4.69) is 0 Å². The fourth-order valence-corrected chi connectivity index (χ4v) is 2.21. The van der Waals surface area contributed by atoms with Crippen LogP contribution >= 0.6 is 0 Å². The molecule has 0 aromatic heterocycles. The second kappa shape index (κ2) is 8.57. The van der Waals surface area contributed by atoms with E-state index in [1.54, 1.807) is 54.6 Å². The van der Waals surface area contributed by atoms with Crippen LogP contribution < -0.4 is 0 Å². The zero-order chi connectivity index (χ0) is 17.4. The molecule has 1 atom stereocenters. The first-order valence-electron chi connectivity index (χ1n) is 7.47. The lowest BCUT2D eigenvalue weighted by molar-refractivity contribution is -0.485. The maximum absolute atomic E-state index is 12.2. The minimum atomic E-state index is -1.10. The Labute approximate surface area is 139 Å². The maximum atomic E-state index is 12.2. The molecule has 0 bridgehead atoms. The molecule has 0 spiro atoms. The van der Waals surface area contributed by atoms with Crippen molar-refractivity contribution in [2.24, 2.45) is 5.92 Å². The molecule has 0 radical (unpaired) electrons. The number of nitro groups is 1. The minimum Gasteiger partial charge on any atom is -0.460 e. The summed E-state index contributed by atoms with van der Waals surface area (Å²) in [5.41, 5.74) is 1.20. The largest absolute Gasteiger partial charge is 0.460 e. The minimum absolute atomic E-state index is 0.0212. The van der Waals surface area contributed by atoms with E-state index in [1.807, 2.05) is 6.07 Å². The van der Waals surface area contributed by atoms with Crippen molar-refractivity contribution in [1.29, 1.82) is 0 Å². The molecule has 0 heterocycles. The lowest BCUT2D eigenvalue weighted by atomic mass is 9.98. The molecule has 6 heteroatoms. The van der Waals surface area contributed by atoms with Crippen LogP contribution in [0, 0.1) is 16.0 Å². The number of hydrogen-bond donors (Lipinski definition) is 0. The van der Waals surface area contributed by atoms with Crippen molar-refractivity contribution >= 4 is 11.8 Å². The normalized spacial score (nSPS) is 11.5. The Morgan fingerprint density at radius 2 is 1.58 bits per heavy atom. The van der Waals surface area contributed by atoms with E-state index in [-0.39, 0.29) is 18.8 Å². The van der Waals surface area contributed by atoms with Crippen LogP contribution in [0.2, 0.25) is 0 Å². The number of esters is 1. The van der Waals surface area contributed by atoms with Crippen LogP contribution in [0.5, 0.6) is 0 Å². The summed E-state index contributed by atoms with van der Waals surface area (Å²) < 4.78 is 5.13. The van der Waals surface area contributed by atoms with Crippen LogP contribution in [0.4, 0.5) is 0 Å². The van der Waals surface area contributed by atoms with E-state index >= 15 is 0 Å². The van der Waals surface area contributed by atoms with Gasteiger partial charge in [-0.05, 0) is 5.56 Å². The van der Waals surface area contributed by atoms with Crippen molar-refractivity contribution in [3.05, 3.63) is 81.9 Å². The summed E-state index contributed by atoms with van der Waals surface area (Å²) in [7, 11) is 0. The number of ketones is 1. The Hall–Kier alpha value is -3.02. The van der Waals surface area contributed by atoms with Crippen molar-refractivity contribution < 1.29 is 19.2 Å². The molecule has 0 aliphatic carbocycles. The quantitative estimate of drug-likeness (QED) is 0.322. The van der Waals surface area contributed by atoms with Crippen LogP contribution in [0.15, 0.2) is 60.7 Å². The van der Waals surface area contributed by atoms with Gasteiger partial charge in [-0.25, -0.2) is 0 Å². The van der Waals surface area contributed by atoms with E-state index in [9.17, 15) is 19.7 Å². The van der Waals surface area contributed by atoms with Crippen LogP contribution in [0.3, 0.4) is 0 Å². The molecule has 2 aromatic rings. The van der Waals surface area contributed by atoms with Crippen LogP contribution in [-0.4, -0.2) is 23.2 Å². The zero-order valence-electron chi connectivity index (χ0n) is 13.0. The van der Waals surface area contributed by atoms with Gasteiger partial charge in [0.25, 0.3) is 0 Å². The van der Waals surface area contributed by atoms with Crippen LogP contribution in [0.25, 0.3) is 0 Å². The summed E-state index contributed by atoms with van der Waals surface area (Å²) in [6.07, 6.45) is -0.251. The Morgan fingerprint density at radius 3 is 2.17 bits per heavy atom. The van der Waals surface area contributed by atoms with Crippen molar-refractivity contribution in [3.63, 3.8) is 0 Å². The Balaban J connectivity index is 2.00. The third kappa shape index (κ3) is 5.31. The average Bonchev–Trinajstić information content (AvgIpc) is 2.60. The molecule has 0 aliphatic rings. The average molecular weight is 327 g/mol. The number of ether oxygens (including phenoxy) is 1. The van der Waals surface area contributed by atoms with Gasteiger partial charge in [0.15, 0.2) is 5.78 Å². The lowest BCUT2D eigenvalue weighted by Gasteiger charge is -2.12. The van der Waals surface area contributed by atoms with Gasteiger partial charge in [-0.2, -0.15) is 0 Å². The van der Waals surface area contributed by atoms with E-state index in [4.69, 9.17) is 4.74 Å². The van der Waals surface area contributed by atoms with E-state index in [0.717, 1.165) is 5.56 Å². The molecule has 2 rings (SSSR count). The first-order valence-corrected chi connectivity index (χ1v) is 7.47. The summed E-state index contributed by atoms with van der Waals surface area (Å²) in [5.74, 6) is -2.16. The van der Waals surface area contributed by atoms with Crippen molar-refractivity contribution in [2.75, 3.05) is 6.54 Å². The van der Waals surface area contributed by atoms with Crippen molar-refractivity contribution in [2.45, 2.75) is 13.0 Å². The van der Waals surface area contributed by atoms with Gasteiger partial charge in [-0.15, -0.1) is 0 Å². The summed E-state index contributed by atoms with van der Waals surface area (Å²) in [5, 5.41) is 10.8. The fraction of sp³-hybridized carbons (Fsp3) is 0.222. The highest BCUT2D eigenvalue weighted by Crippen LogP contribution is 2.14.